The highest BCUT2D eigenvalue weighted by atomic mass is 16.8. The van der Waals surface area contributed by atoms with Crippen LogP contribution < -0.4 is 10.6 Å². The van der Waals surface area contributed by atoms with E-state index in [1.54, 1.807) is 0 Å². The number of aliphatic hydroxyl groups excluding tert-OH is 12. The van der Waals surface area contributed by atoms with E-state index in [9.17, 15) is 70.9 Å². The predicted octanol–water partition coefficient (Wildman–Crippen LogP) is -9.46. The zero-order valence-corrected chi connectivity index (χ0v) is 27.4. The average molecular weight is 749 g/mol. The zero-order valence-electron chi connectivity index (χ0n) is 27.4. The standard InChI is InChI=1S/C28H48N2O21/c1-7(35)29-13-22(16(38)10(4-32)45-25(13)44)49-28-21(43)24(18(40)12(6-34)48-28)51-26-14(30-8(2)36)23(17(39)11(5-33)46-26)50-27-20(42)19(41)15(37)9(3-31)47-27/h9-28,31-34,37-44H,3-6H2,1-2H3,(H,29,35)(H,30,36)/t9-,10-,11-,12-,13-,14-,15+,16+,17-,18+,19+,20-,21-,22-,23-,24+,25+,26+,27+,28+/m1/s1. The van der Waals surface area contributed by atoms with E-state index in [4.69, 9.17) is 33.2 Å². The Labute approximate surface area is 289 Å². The molecule has 0 aromatic carbocycles. The molecule has 4 aliphatic rings. The minimum absolute atomic E-state index is 0.694. The van der Waals surface area contributed by atoms with Crippen LogP contribution in [-0.4, -0.2) is 222 Å². The quantitative estimate of drug-likeness (QED) is 0.0881. The molecule has 0 spiro atoms. The van der Waals surface area contributed by atoms with E-state index < -0.39 is 161 Å². The van der Waals surface area contributed by atoms with E-state index in [0.717, 1.165) is 13.8 Å². The Morgan fingerprint density at radius 1 is 0.471 bits per heavy atom. The van der Waals surface area contributed by atoms with Crippen LogP contribution in [0.1, 0.15) is 13.8 Å². The van der Waals surface area contributed by atoms with E-state index in [1.165, 1.54) is 0 Å². The summed E-state index contributed by atoms with van der Waals surface area (Å²) in [5, 5.41) is 130. The summed E-state index contributed by atoms with van der Waals surface area (Å²) in [6.07, 6.45) is -31.9. The molecule has 0 unspecified atom stereocenters. The predicted molar refractivity (Wildman–Crippen MR) is 157 cm³/mol. The second-order valence-corrected chi connectivity index (χ2v) is 12.6. The molecule has 51 heavy (non-hydrogen) atoms. The number of rotatable bonds is 12. The third kappa shape index (κ3) is 9.11. The largest absolute Gasteiger partial charge is 0.394 e. The number of hydrogen-bond donors (Lipinski definition) is 14. The topological polar surface area (TPSA) is 366 Å². The summed E-state index contributed by atoms with van der Waals surface area (Å²) in [6.45, 7) is -1.32. The molecule has 0 aromatic heterocycles. The van der Waals surface area contributed by atoms with Gasteiger partial charge in [0.05, 0.1) is 26.4 Å². The summed E-state index contributed by atoms with van der Waals surface area (Å²) < 4.78 is 39.2. The van der Waals surface area contributed by atoms with E-state index in [2.05, 4.69) is 10.6 Å². The van der Waals surface area contributed by atoms with Crippen LogP contribution in [0.2, 0.25) is 0 Å². The molecule has 0 saturated carbocycles. The van der Waals surface area contributed by atoms with E-state index in [1.807, 2.05) is 0 Å². The van der Waals surface area contributed by atoms with Crippen molar-refractivity contribution in [2.24, 2.45) is 0 Å². The number of amides is 2. The van der Waals surface area contributed by atoms with Crippen molar-refractivity contribution in [2.75, 3.05) is 26.4 Å². The van der Waals surface area contributed by atoms with Gasteiger partial charge < -0.3 is 105 Å². The molecule has 20 atom stereocenters. The smallest absolute Gasteiger partial charge is 0.217 e. The molecule has 4 saturated heterocycles. The molecule has 14 N–H and O–H groups in total. The summed E-state index contributed by atoms with van der Waals surface area (Å²) >= 11 is 0. The van der Waals surface area contributed by atoms with Gasteiger partial charge in [0.25, 0.3) is 0 Å². The first-order chi connectivity index (χ1) is 24.1. The van der Waals surface area contributed by atoms with Crippen molar-refractivity contribution in [3.05, 3.63) is 0 Å². The van der Waals surface area contributed by atoms with E-state index >= 15 is 0 Å². The van der Waals surface area contributed by atoms with Crippen molar-refractivity contribution in [3.8, 4) is 0 Å². The first-order valence-corrected chi connectivity index (χ1v) is 16.1. The maximum atomic E-state index is 12.3. The normalized spacial score (nSPS) is 47.8. The molecule has 4 rings (SSSR count). The lowest BCUT2D eigenvalue weighted by Gasteiger charge is -2.50. The monoisotopic (exact) mass is 748 g/mol. The molecule has 23 nitrogen and oxygen atoms in total. The summed E-state index contributed by atoms with van der Waals surface area (Å²) in [5.41, 5.74) is 0. The van der Waals surface area contributed by atoms with Gasteiger partial charge in [-0.05, 0) is 0 Å². The molecule has 4 fully saturated rings. The van der Waals surface area contributed by atoms with Crippen molar-refractivity contribution in [3.63, 3.8) is 0 Å². The van der Waals surface area contributed by atoms with Gasteiger partial charge in [0.2, 0.25) is 11.8 Å². The average Bonchev–Trinajstić information content (AvgIpc) is 3.08. The van der Waals surface area contributed by atoms with Gasteiger partial charge in [-0.25, -0.2) is 0 Å². The summed E-state index contributed by atoms with van der Waals surface area (Å²) in [4.78, 5) is 24.2. The van der Waals surface area contributed by atoms with Crippen molar-refractivity contribution in [2.45, 2.75) is 137 Å². The minimum atomic E-state index is -2.06. The third-order valence-corrected chi connectivity index (χ3v) is 9.01. The van der Waals surface area contributed by atoms with Crippen molar-refractivity contribution in [1.29, 1.82) is 0 Å². The number of nitrogens with one attached hydrogen (secondary N) is 2. The Morgan fingerprint density at radius 3 is 1.33 bits per heavy atom. The zero-order chi connectivity index (χ0) is 37.9. The Bertz CT molecular complexity index is 1140. The van der Waals surface area contributed by atoms with Gasteiger partial charge in [0, 0.05) is 13.8 Å². The van der Waals surface area contributed by atoms with Gasteiger partial charge in [0.1, 0.15) is 97.5 Å². The SMILES string of the molecule is CC(=O)N[C@@H]1[C@@H](O[C@@H]2O[C@H](CO)[C@H](O)[C@H](O[C@@H]3O[C@H](CO)[C@@H](O)[C@H](O[C@@H]4O[C@H](CO)[C@H](O)[C@H](O)[C@H]4O)[C@H]3NC(C)=O)[C@H]2O)[C@@H](O)[C@@H](CO)O[C@@H]1O. The third-order valence-electron chi connectivity index (χ3n) is 9.01. The molecule has 4 heterocycles. The fourth-order valence-electron chi connectivity index (χ4n) is 6.34. The molecule has 296 valence electrons. The Hall–Kier alpha value is -1.82. The number of hydrogen-bond acceptors (Lipinski definition) is 21. The minimum Gasteiger partial charge on any atom is -0.394 e. The second-order valence-electron chi connectivity index (χ2n) is 12.6. The van der Waals surface area contributed by atoms with Gasteiger partial charge >= 0.3 is 0 Å². The van der Waals surface area contributed by atoms with Crippen LogP contribution in [0.15, 0.2) is 0 Å². The molecular weight excluding hydrogens is 700 g/mol. The number of carbonyl (C=O) groups is 2. The highest BCUT2D eigenvalue weighted by Crippen LogP contribution is 2.34. The highest BCUT2D eigenvalue weighted by molar-refractivity contribution is 5.73. The summed E-state index contributed by atoms with van der Waals surface area (Å²) in [7, 11) is 0. The number of carbonyl (C=O) groups excluding carboxylic acids is 2. The Balaban J connectivity index is 1.63. The summed E-state index contributed by atoms with van der Waals surface area (Å²) in [6, 6.07) is -3.11. The van der Waals surface area contributed by atoms with Crippen molar-refractivity contribution < 1.29 is 104 Å². The van der Waals surface area contributed by atoms with E-state index in [-0.39, 0.29) is 0 Å². The Morgan fingerprint density at radius 2 is 0.843 bits per heavy atom. The first-order valence-electron chi connectivity index (χ1n) is 16.1. The van der Waals surface area contributed by atoms with Gasteiger partial charge in [-0.3, -0.25) is 9.59 Å². The van der Waals surface area contributed by atoms with Gasteiger partial charge in [-0.2, -0.15) is 0 Å². The maximum absolute atomic E-state index is 12.3. The molecule has 2 amide bonds. The second kappa shape index (κ2) is 18.0. The lowest BCUT2D eigenvalue weighted by Crippen LogP contribution is -2.70. The number of ether oxygens (including phenoxy) is 7. The van der Waals surface area contributed by atoms with Crippen LogP contribution >= 0.6 is 0 Å². The van der Waals surface area contributed by atoms with Gasteiger partial charge in [-0.15, -0.1) is 0 Å². The first kappa shape index (κ1) is 41.9. The molecule has 0 radical (unpaired) electrons. The van der Waals surface area contributed by atoms with Crippen LogP contribution in [-0.2, 0) is 42.7 Å². The fourth-order valence-corrected chi connectivity index (χ4v) is 6.34. The van der Waals surface area contributed by atoms with Gasteiger partial charge in [0.15, 0.2) is 25.2 Å². The van der Waals surface area contributed by atoms with Crippen LogP contribution in [0.25, 0.3) is 0 Å². The van der Waals surface area contributed by atoms with Crippen molar-refractivity contribution >= 4 is 11.8 Å². The molecule has 0 bridgehead atoms. The maximum Gasteiger partial charge on any atom is 0.217 e. The molecule has 0 aliphatic carbocycles. The van der Waals surface area contributed by atoms with Crippen LogP contribution in [0.4, 0.5) is 0 Å². The molecule has 4 aliphatic heterocycles. The molecular formula is C28H48N2O21. The lowest BCUT2D eigenvalue weighted by molar-refractivity contribution is -0.375. The van der Waals surface area contributed by atoms with Crippen LogP contribution in [0.5, 0.6) is 0 Å². The van der Waals surface area contributed by atoms with Crippen molar-refractivity contribution in [1.82, 2.24) is 10.6 Å². The molecule has 23 heteroatoms. The highest BCUT2D eigenvalue weighted by Gasteiger charge is 2.56. The van der Waals surface area contributed by atoms with E-state index in [0.29, 0.717) is 0 Å². The van der Waals surface area contributed by atoms with Crippen LogP contribution in [0.3, 0.4) is 0 Å². The summed E-state index contributed by atoms with van der Waals surface area (Å²) in [5.74, 6) is -1.47. The van der Waals surface area contributed by atoms with Gasteiger partial charge in [-0.1, -0.05) is 0 Å². The lowest BCUT2D eigenvalue weighted by atomic mass is 9.94. The fraction of sp³-hybridized carbons (Fsp3) is 0.929. The van der Waals surface area contributed by atoms with Crippen LogP contribution in [0, 0.1) is 0 Å². The number of aliphatic hydroxyl groups is 12. The Kier molecular flexibility index (Phi) is 14.8. The molecule has 0 aromatic rings.